The molecule has 160 valence electrons. The van der Waals surface area contributed by atoms with Gasteiger partial charge in [-0.1, -0.05) is 19.9 Å². The Hall–Kier alpha value is -3.10. The number of rotatable bonds is 6. The largest absolute Gasteiger partial charge is 0.348 e. The van der Waals surface area contributed by atoms with Crippen LogP contribution >= 0.6 is 0 Å². The quantitative estimate of drug-likeness (QED) is 0.690. The Kier molecular flexibility index (Phi) is 6.28. The number of urea groups is 1. The van der Waals surface area contributed by atoms with Crippen LogP contribution < -0.4 is 10.6 Å². The molecular weight excluding hydrogens is 397 g/mol. The summed E-state index contributed by atoms with van der Waals surface area (Å²) in [7, 11) is 0. The van der Waals surface area contributed by atoms with Crippen molar-refractivity contribution in [3.8, 4) is 0 Å². The lowest BCUT2D eigenvalue weighted by molar-refractivity contribution is -0.126. The second kappa shape index (κ2) is 8.73. The number of nitrogens with one attached hydrogen (secondary N) is 2. The predicted molar refractivity (Wildman–Crippen MR) is 105 cm³/mol. The molecule has 0 spiro atoms. The first-order valence-corrected chi connectivity index (χ1v) is 9.64. The van der Waals surface area contributed by atoms with Gasteiger partial charge in [-0.2, -0.15) is 4.39 Å². The number of carbonyl (C=O) groups excluding carboxylic acids is 2. The van der Waals surface area contributed by atoms with Gasteiger partial charge in [0.25, 0.3) is 0 Å². The van der Waals surface area contributed by atoms with Gasteiger partial charge in [0.15, 0.2) is 0 Å². The van der Waals surface area contributed by atoms with Crippen LogP contribution in [0.4, 0.5) is 23.7 Å². The normalized spacial score (nSPS) is 15.4. The van der Waals surface area contributed by atoms with Crippen LogP contribution in [0.2, 0.25) is 0 Å². The van der Waals surface area contributed by atoms with E-state index >= 15 is 0 Å². The van der Waals surface area contributed by atoms with Gasteiger partial charge in [-0.3, -0.25) is 4.79 Å². The van der Waals surface area contributed by atoms with Crippen molar-refractivity contribution in [3.05, 3.63) is 59.2 Å². The van der Waals surface area contributed by atoms with E-state index in [0.29, 0.717) is 17.8 Å². The Balaban J connectivity index is 1.83. The van der Waals surface area contributed by atoms with Gasteiger partial charge >= 0.3 is 6.03 Å². The zero-order chi connectivity index (χ0) is 22.0. The Morgan fingerprint density at radius 1 is 1.20 bits per heavy atom. The summed E-state index contributed by atoms with van der Waals surface area (Å²) >= 11 is 0. The van der Waals surface area contributed by atoms with Crippen molar-refractivity contribution in [1.29, 1.82) is 0 Å². The highest BCUT2D eigenvalue weighted by atomic mass is 19.1. The molecule has 2 heterocycles. The van der Waals surface area contributed by atoms with E-state index in [0.717, 1.165) is 18.2 Å². The zero-order valence-corrected chi connectivity index (χ0v) is 16.9. The third kappa shape index (κ3) is 4.72. The molecule has 3 rings (SSSR count). The maximum absolute atomic E-state index is 14.1. The monoisotopic (exact) mass is 420 g/mol. The average molecular weight is 420 g/mol. The minimum absolute atomic E-state index is 0.0387. The van der Waals surface area contributed by atoms with E-state index in [9.17, 15) is 22.8 Å². The highest BCUT2D eigenvalue weighted by molar-refractivity contribution is 5.95. The fourth-order valence-electron chi connectivity index (χ4n) is 3.44. The molecule has 0 saturated carbocycles. The van der Waals surface area contributed by atoms with E-state index in [1.165, 1.54) is 17.0 Å². The van der Waals surface area contributed by atoms with Crippen LogP contribution in [0.15, 0.2) is 30.3 Å². The summed E-state index contributed by atoms with van der Waals surface area (Å²) in [5.41, 5.74) is 0.835. The van der Waals surface area contributed by atoms with E-state index in [1.807, 2.05) is 13.8 Å². The van der Waals surface area contributed by atoms with Crippen LogP contribution in [0.1, 0.15) is 44.5 Å². The van der Waals surface area contributed by atoms with Crippen LogP contribution in [0.5, 0.6) is 0 Å². The van der Waals surface area contributed by atoms with Crippen molar-refractivity contribution in [1.82, 2.24) is 15.2 Å². The van der Waals surface area contributed by atoms with Gasteiger partial charge in [0, 0.05) is 11.6 Å². The number of halogens is 3. The minimum atomic E-state index is -0.880. The van der Waals surface area contributed by atoms with Crippen LogP contribution in [0.3, 0.4) is 0 Å². The fourth-order valence-corrected chi connectivity index (χ4v) is 3.44. The first kappa shape index (κ1) is 21.6. The van der Waals surface area contributed by atoms with Gasteiger partial charge in [-0.25, -0.2) is 18.6 Å². The number of nitrogens with zero attached hydrogens (tertiary/aromatic N) is 2. The molecule has 2 aromatic rings. The van der Waals surface area contributed by atoms with E-state index in [2.05, 4.69) is 15.6 Å². The van der Waals surface area contributed by atoms with Crippen molar-refractivity contribution >= 4 is 17.6 Å². The molecule has 0 aliphatic carbocycles. The predicted octanol–water partition coefficient (Wildman–Crippen LogP) is 4.14. The van der Waals surface area contributed by atoms with Gasteiger partial charge < -0.3 is 15.5 Å². The lowest BCUT2D eigenvalue weighted by Gasteiger charge is -2.35. The van der Waals surface area contributed by atoms with Gasteiger partial charge in [-0.15, -0.1) is 0 Å². The van der Waals surface area contributed by atoms with Crippen molar-refractivity contribution in [3.63, 3.8) is 0 Å². The third-order valence-corrected chi connectivity index (χ3v) is 4.92. The van der Waals surface area contributed by atoms with Crippen LogP contribution in [0.25, 0.3) is 0 Å². The number of benzene rings is 1. The Morgan fingerprint density at radius 2 is 1.93 bits per heavy atom. The maximum atomic E-state index is 14.1. The standard InChI is InChI=1S/C21H23F3N4O2/c1-11(2)8-18(20(29)25-12(3)14-5-4-13(22)9-15(14)23)28-10-17-16(27-21(28)30)6-7-19(24)26-17/h4-7,9,11-12,18H,8,10H2,1-3H3,(H,25,29)(H,27,30). The summed E-state index contributed by atoms with van der Waals surface area (Å²) in [5.74, 6) is -2.60. The molecule has 1 aromatic heterocycles. The molecule has 1 aliphatic heterocycles. The number of aromatic nitrogens is 1. The van der Waals surface area contributed by atoms with E-state index in [4.69, 9.17) is 0 Å². The van der Waals surface area contributed by atoms with Gasteiger partial charge in [0.2, 0.25) is 11.9 Å². The van der Waals surface area contributed by atoms with Crippen molar-refractivity contribution < 1.29 is 22.8 Å². The summed E-state index contributed by atoms with van der Waals surface area (Å²) in [6, 6.07) is 3.56. The van der Waals surface area contributed by atoms with Crippen molar-refractivity contribution in [2.75, 3.05) is 5.32 Å². The summed E-state index contributed by atoms with van der Waals surface area (Å²) in [5, 5.41) is 5.32. The molecule has 3 amide bonds. The minimum Gasteiger partial charge on any atom is -0.348 e. The lowest BCUT2D eigenvalue weighted by atomic mass is 9.99. The summed E-state index contributed by atoms with van der Waals surface area (Å²) in [6.07, 6.45) is 0.336. The Bertz CT molecular complexity index is 967. The van der Waals surface area contributed by atoms with Crippen molar-refractivity contribution in [2.24, 2.45) is 5.92 Å². The summed E-state index contributed by atoms with van der Waals surface area (Å²) in [4.78, 5) is 30.8. The van der Waals surface area contributed by atoms with Gasteiger partial charge in [0.1, 0.15) is 17.7 Å². The average Bonchev–Trinajstić information content (AvgIpc) is 2.65. The number of anilines is 1. The van der Waals surface area contributed by atoms with E-state index in [-0.39, 0.29) is 18.0 Å². The zero-order valence-electron chi connectivity index (χ0n) is 16.9. The molecule has 0 saturated heterocycles. The number of amides is 3. The fraction of sp³-hybridized carbons (Fsp3) is 0.381. The molecule has 9 heteroatoms. The second-order valence-electron chi connectivity index (χ2n) is 7.73. The molecule has 0 radical (unpaired) electrons. The number of hydrogen-bond donors (Lipinski definition) is 2. The molecule has 0 bridgehead atoms. The first-order chi connectivity index (χ1) is 14.2. The molecule has 0 fully saturated rings. The van der Waals surface area contributed by atoms with Gasteiger partial charge in [-0.05, 0) is 37.5 Å². The summed E-state index contributed by atoms with van der Waals surface area (Å²) < 4.78 is 40.8. The van der Waals surface area contributed by atoms with Crippen LogP contribution in [-0.4, -0.2) is 27.9 Å². The van der Waals surface area contributed by atoms with Crippen molar-refractivity contribution in [2.45, 2.75) is 45.8 Å². The summed E-state index contributed by atoms with van der Waals surface area (Å²) in [6.45, 7) is 5.33. The molecule has 30 heavy (non-hydrogen) atoms. The molecule has 2 unspecified atom stereocenters. The molecule has 1 aliphatic rings. The number of hydrogen-bond acceptors (Lipinski definition) is 3. The number of pyridine rings is 1. The SMILES string of the molecule is CC(C)CC(C(=O)NC(C)c1ccc(F)cc1F)N1Cc2nc(F)ccc2NC1=O. The molecule has 2 atom stereocenters. The highest BCUT2D eigenvalue weighted by Crippen LogP contribution is 2.26. The molecular formula is C21H23F3N4O2. The van der Waals surface area contributed by atoms with Crippen LogP contribution in [0, 0.1) is 23.5 Å². The topological polar surface area (TPSA) is 74.3 Å². The maximum Gasteiger partial charge on any atom is 0.322 e. The smallest absolute Gasteiger partial charge is 0.322 e. The third-order valence-electron chi connectivity index (χ3n) is 4.92. The van der Waals surface area contributed by atoms with E-state index < -0.39 is 41.6 Å². The second-order valence-corrected chi connectivity index (χ2v) is 7.73. The number of fused-ring (bicyclic) bond motifs is 1. The molecule has 6 nitrogen and oxygen atoms in total. The number of carbonyl (C=O) groups is 2. The first-order valence-electron chi connectivity index (χ1n) is 9.64. The Morgan fingerprint density at radius 3 is 2.60 bits per heavy atom. The molecule has 2 N–H and O–H groups in total. The highest BCUT2D eigenvalue weighted by Gasteiger charge is 2.35. The van der Waals surface area contributed by atoms with Gasteiger partial charge in [0.05, 0.1) is 24.0 Å². The lowest BCUT2D eigenvalue weighted by Crippen LogP contribution is -2.53. The van der Waals surface area contributed by atoms with Crippen LogP contribution in [-0.2, 0) is 11.3 Å². The van der Waals surface area contributed by atoms with E-state index in [1.54, 1.807) is 6.92 Å². The Labute approximate surface area is 172 Å². The molecule has 1 aromatic carbocycles.